The average Bonchev–Trinajstić information content (AvgIpc) is 3.00. The van der Waals surface area contributed by atoms with E-state index >= 15 is 0 Å². The molecule has 0 radical (unpaired) electrons. The first kappa shape index (κ1) is 18.2. The van der Waals surface area contributed by atoms with Gasteiger partial charge in [0, 0.05) is 19.1 Å². The summed E-state index contributed by atoms with van der Waals surface area (Å²) >= 11 is 1.22. The quantitative estimate of drug-likeness (QED) is 0.848. The maximum atomic E-state index is 12.7. The first-order valence-corrected chi connectivity index (χ1v) is 10.1. The van der Waals surface area contributed by atoms with Crippen molar-refractivity contribution < 1.29 is 17.9 Å². The second kappa shape index (κ2) is 6.74. The van der Waals surface area contributed by atoms with Gasteiger partial charge in [0.25, 0.3) is 11.1 Å². The van der Waals surface area contributed by atoms with E-state index in [2.05, 4.69) is 9.71 Å². The smallest absolute Gasteiger partial charge is 0.273 e. The second-order valence-electron chi connectivity index (χ2n) is 6.21. The molecule has 7 nitrogen and oxygen atoms in total. The lowest BCUT2D eigenvalue weighted by atomic mass is 9.92. The van der Waals surface area contributed by atoms with Crippen LogP contribution in [0.1, 0.15) is 29.2 Å². The fourth-order valence-corrected chi connectivity index (χ4v) is 4.52. The summed E-state index contributed by atoms with van der Waals surface area (Å²) in [5.74, 6) is 0.236. The van der Waals surface area contributed by atoms with Gasteiger partial charge in [-0.15, -0.1) is 0 Å². The van der Waals surface area contributed by atoms with Gasteiger partial charge in [0.2, 0.25) is 10.0 Å². The summed E-state index contributed by atoms with van der Waals surface area (Å²) in [4.78, 5) is 19.2. The number of likely N-dealkylation sites (tertiary alicyclic amines) is 1. The van der Waals surface area contributed by atoms with E-state index < -0.39 is 10.0 Å². The molecule has 0 bridgehead atoms. The maximum absolute atomic E-state index is 12.7. The molecule has 1 aliphatic heterocycles. The minimum Gasteiger partial charge on any atom is -0.473 e. The van der Waals surface area contributed by atoms with E-state index in [0.717, 1.165) is 6.26 Å². The highest BCUT2D eigenvalue weighted by molar-refractivity contribution is 7.88. The molecular formula is C14H23N3O4S2. The van der Waals surface area contributed by atoms with Gasteiger partial charge >= 0.3 is 0 Å². The van der Waals surface area contributed by atoms with Crippen molar-refractivity contribution in [2.75, 3.05) is 26.5 Å². The first-order chi connectivity index (χ1) is 10.6. The second-order valence-corrected chi connectivity index (χ2v) is 8.95. The molecule has 1 aromatic heterocycles. The molecule has 1 saturated heterocycles. The standard InChI is InChI=1S/C14H23N3O4S2/c1-8(2)10-6-17(7-11(10)16-23(5,19)20)13(18)12-9(3)15-14(21-4)22-12/h8,10-11,16H,6-7H2,1-5H3. The van der Waals surface area contributed by atoms with Crippen LogP contribution in [0.3, 0.4) is 0 Å². The highest BCUT2D eigenvalue weighted by Gasteiger charge is 2.39. The maximum Gasteiger partial charge on any atom is 0.273 e. The van der Waals surface area contributed by atoms with Crippen LogP contribution in [0, 0.1) is 18.8 Å². The van der Waals surface area contributed by atoms with E-state index in [1.54, 1.807) is 11.8 Å². The Morgan fingerprint density at radius 1 is 1.43 bits per heavy atom. The molecule has 1 fully saturated rings. The Hall–Kier alpha value is -1.19. The number of sulfonamides is 1. The molecule has 130 valence electrons. The average molecular weight is 361 g/mol. The molecular weight excluding hydrogens is 338 g/mol. The Bertz CT molecular complexity index is 684. The zero-order valence-electron chi connectivity index (χ0n) is 14.0. The van der Waals surface area contributed by atoms with Crippen molar-refractivity contribution >= 4 is 27.3 Å². The molecule has 2 atom stereocenters. The molecule has 0 saturated carbocycles. The highest BCUT2D eigenvalue weighted by atomic mass is 32.2. The number of aromatic nitrogens is 1. The van der Waals surface area contributed by atoms with Crippen molar-refractivity contribution in [2.24, 2.45) is 11.8 Å². The summed E-state index contributed by atoms with van der Waals surface area (Å²) in [5, 5.41) is 0.455. The summed E-state index contributed by atoms with van der Waals surface area (Å²) < 4.78 is 30.9. The van der Waals surface area contributed by atoms with Gasteiger partial charge in [0.15, 0.2) is 0 Å². The third-order valence-electron chi connectivity index (χ3n) is 4.02. The third-order valence-corrected chi connectivity index (χ3v) is 5.86. The van der Waals surface area contributed by atoms with E-state index in [9.17, 15) is 13.2 Å². The molecule has 1 amide bonds. The number of nitrogens with one attached hydrogen (secondary N) is 1. The van der Waals surface area contributed by atoms with Crippen LogP contribution in [0.5, 0.6) is 5.19 Å². The highest BCUT2D eigenvalue weighted by Crippen LogP contribution is 2.30. The van der Waals surface area contributed by atoms with Gasteiger partial charge in [-0.2, -0.15) is 0 Å². The molecule has 0 aromatic carbocycles. The van der Waals surface area contributed by atoms with Crippen molar-refractivity contribution in [2.45, 2.75) is 26.8 Å². The largest absolute Gasteiger partial charge is 0.473 e. The molecule has 2 unspecified atom stereocenters. The number of carbonyl (C=O) groups is 1. The fraction of sp³-hybridized carbons (Fsp3) is 0.714. The summed E-state index contributed by atoms with van der Waals surface area (Å²) in [6.45, 7) is 6.75. The van der Waals surface area contributed by atoms with Gasteiger partial charge in [-0.1, -0.05) is 25.2 Å². The number of ether oxygens (including phenoxy) is 1. The van der Waals surface area contributed by atoms with Crippen molar-refractivity contribution in [3.05, 3.63) is 10.6 Å². The first-order valence-electron chi connectivity index (χ1n) is 7.40. The lowest BCUT2D eigenvalue weighted by Gasteiger charge is -2.21. The molecule has 1 aromatic rings. The minimum absolute atomic E-state index is 0.0869. The van der Waals surface area contributed by atoms with Gasteiger partial charge < -0.3 is 9.64 Å². The predicted molar refractivity (Wildman–Crippen MR) is 89.4 cm³/mol. The van der Waals surface area contributed by atoms with Gasteiger partial charge in [-0.25, -0.2) is 18.1 Å². The number of nitrogens with zero attached hydrogens (tertiary/aromatic N) is 2. The molecule has 1 N–H and O–H groups in total. The third kappa shape index (κ3) is 4.21. The van der Waals surface area contributed by atoms with E-state index in [1.165, 1.54) is 18.4 Å². The Kier molecular flexibility index (Phi) is 5.32. The normalized spacial score (nSPS) is 21.9. The van der Waals surface area contributed by atoms with Gasteiger partial charge in [0.1, 0.15) is 4.88 Å². The Morgan fingerprint density at radius 3 is 2.57 bits per heavy atom. The van der Waals surface area contributed by atoms with Crippen LogP contribution >= 0.6 is 11.3 Å². The molecule has 2 heterocycles. The van der Waals surface area contributed by atoms with E-state index in [4.69, 9.17) is 4.74 Å². The van der Waals surface area contributed by atoms with Gasteiger partial charge in [0.05, 0.1) is 19.1 Å². The number of hydrogen-bond donors (Lipinski definition) is 1. The summed E-state index contributed by atoms with van der Waals surface area (Å²) in [5.41, 5.74) is 0.637. The van der Waals surface area contributed by atoms with Crippen LogP contribution in [0.15, 0.2) is 0 Å². The molecule has 1 aliphatic rings. The lowest BCUT2D eigenvalue weighted by Crippen LogP contribution is -2.41. The monoisotopic (exact) mass is 361 g/mol. The van der Waals surface area contributed by atoms with Gasteiger partial charge in [-0.05, 0) is 18.8 Å². The van der Waals surface area contributed by atoms with Crippen LogP contribution in [0.4, 0.5) is 0 Å². The Balaban J connectivity index is 2.20. The zero-order valence-corrected chi connectivity index (χ0v) is 15.6. The summed E-state index contributed by atoms with van der Waals surface area (Å²) in [6, 6.07) is -0.260. The van der Waals surface area contributed by atoms with E-state index in [0.29, 0.717) is 28.9 Å². The van der Waals surface area contributed by atoms with Gasteiger partial charge in [-0.3, -0.25) is 4.79 Å². The minimum atomic E-state index is -3.31. The van der Waals surface area contributed by atoms with Crippen molar-refractivity contribution in [3.8, 4) is 5.19 Å². The number of hydrogen-bond acceptors (Lipinski definition) is 6. The number of aryl methyl sites for hydroxylation is 1. The van der Waals surface area contributed by atoms with Crippen LogP contribution in [0.25, 0.3) is 0 Å². The predicted octanol–water partition coefficient (Wildman–Crippen LogP) is 1.11. The number of carbonyl (C=O) groups excluding carboxylic acids is 1. The van der Waals surface area contributed by atoms with E-state index in [1.807, 2.05) is 13.8 Å². The van der Waals surface area contributed by atoms with Crippen molar-refractivity contribution in [1.29, 1.82) is 0 Å². The molecule has 23 heavy (non-hydrogen) atoms. The summed E-state index contributed by atoms with van der Waals surface area (Å²) in [7, 11) is -1.80. The zero-order chi connectivity index (χ0) is 17.4. The number of methoxy groups -OCH3 is 1. The fourth-order valence-electron chi connectivity index (χ4n) is 2.87. The Morgan fingerprint density at radius 2 is 2.09 bits per heavy atom. The van der Waals surface area contributed by atoms with Crippen LogP contribution in [-0.4, -0.2) is 56.7 Å². The molecule has 0 spiro atoms. The van der Waals surface area contributed by atoms with Crippen molar-refractivity contribution in [3.63, 3.8) is 0 Å². The van der Waals surface area contributed by atoms with Crippen LogP contribution in [-0.2, 0) is 10.0 Å². The topological polar surface area (TPSA) is 88.6 Å². The molecule has 9 heteroatoms. The summed E-state index contributed by atoms with van der Waals surface area (Å²) in [6.07, 6.45) is 1.15. The van der Waals surface area contributed by atoms with Crippen molar-refractivity contribution in [1.82, 2.24) is 14.6 Å². The number of rotatable bonds is 5. The van der Waals surface area contributed by atoms with E-state index in [-0.39, 0.29) is 23.8 Å². The number of thiazole rings is 1. The SMILES string of the molecule is COc1nc(C)c(C(=O)N2CC(NS(C)(=O)=O)C(C(C)C)C2)s1. The lowest BCUT2D eigenvalue weighted by molar-refractivity contribution is 0.0787. The van der Waals surface area contributed by atoms with Crippen LogP contribution < -0.4 is 9.46 Å². The number of amides is 1. The molecule has 0 aliphatic carbocycles. The molecule has 2 rings (SSSR count). The van der Waals surface area contributed by atoms with Crippen LogP contribution in [0.2, 0.25) is 0 Å². The Labute approximate surface area is 141 Å².